The number of para-hydroxylation sites is 1. The average Bonchev–Trinajstić information content (AvgIpc) is 3.49. The predicted octanol–water partition coefficient (Wildman–Crippen LogP) is 4.27. The van der Waals surface area contributed by atoms with Gasteiger partial charge in [-0.15, -0.1) is 6.42 Å². The van der Waals surface area contributed by atoms with Crippen LogP contribution in [0.5, 0.6) is 11.6 Å². The van der Waals surface area contributed by atoms with Crippen molar-refractivity contribution in [2.45, 2.75) is 45.4 Å². The number of aryl methyl sites for hydroxylation is 2. The highest BCUT2D eigenvalue weighted by atomic mass is 16.5. The van der Waals surface area contributed by atoms with E-state index in [-0.39, 0.29) is 19.3 Å². The second kappa shape index (κ2) is 12.7. The molecule has 190 valence electrons. The van der Waals surface area contributed by atoms with Crippen molar-refractivity contribution in [2.75, 3.05) is 32.9 Å². The van der Waals surface area contributed by atoms with Crippen molar-refractivity contribution >= 4 is 0 Å². The van der Waals surface area contributed by atoms with E-state index in [9.17, 15) is 5.11 Å². The number of hydrogen-bond donors (Lipinski definition) is 1. The van der Waals surface area contributed by atoms with Crippen LogP contribution < -0.4 is 4.74 Å². The van der Waals surface area contributed by atoms with Gasteiger partial charge >= 0.3 is 0 Å². The van der Waals surface area contributed by atoms with Crippen LogP contribution in [0, 0.1) is 26.2 Å². The maximum Gasteiger partial charge on any atom is 0.227 e. The van der Waals surface area contributed by atoms with E-state index in [0.717, 1.165) is 42.1 Å². The molecule has 0 unspecified atom stereocenters. The van der Waals surface area contributed by atoms with Gasteiger partial charge in [0.15, 0.2) is 0 Å². The van der Waals surface area contributed by atoms with Crippen molar-refractivity contribution in [2.24, 2.45) is 0 Å². The fraction of sp³-hybridized carbons (Fsp3) is 0.414. The monoisotopic (exact) mass is 489 g/mol. The van der Waals surface area contributed by atoms with Crippen molar-refractivity contribution in [1.82, 2.24) is 14.7 Å². The first-order valence-corrected chi connectivity index (χ1v) is 12.4. The van der Waals surface area contributed by atoms with Gasteiger partial charge in [0, 0.05) is 26.2 Å². The number of benzene rings is 2. The third-order valence-corrected chi connectivity index (χ3v) is 6.21. The molecule has 0 amide bonds. The van der Waals surface area contributed by atoms with Gasteiger partial charge in [-0.25, -0.2) is 4.68 Å². The molecule has 7 heteroatoms. The maximum atomic E-state index is 10.7. The zero-order valence-corrected chi connectivity index (χ0v) is 21.1. The molecule has 2 atom stereocenters. The number of terminal acetylenes is 1. The van der Waals surface area contributed by atoms with Crippen molar-refractivity contribution in [3.8, 4) is 29.7 Å². The van der Waals surface area contributed by atoms with Crippen LogP contribution in [0.4, 0.5) is 0 Å². The summed E-state index contributed by atoms with van der Waals surface area (Å²) >= 11 is 0. The van der Waals surface area contributed by atoms with Gasteiger partial charge in [-0.3, -0.25) is 4.90 Å². The molecule has 36 heavy (non-hydrogen) atoms. The van der Waals surface area contributed by atoms with Crippen LogP contribution in [0.25, 0.3) is 5.69 Å². The van der Waals surface area contributed by atoms with E-state index >= 15 is 0 Å². The lowest BCUT2D eigenvalue weighted by Crippen LogP contribution is -2.39. The SMILES string of the molecule is C#CCOC[C@H](O)CN(Cc1c(C)nn(-c2ccccc2)c1Oc1ccc(C)cc1)C[C@@H]1CCCO1. The van der Waals surface area contributed by atoms with E-state index < -0.39 is 6.10 Å². The molecule has 1 aliphatic heterocycles. The Morgan fingerprint density at radius 1 is 1.19 bits per heavy atom. The van der Waals surface area contributed by atoms with Crippen LogP contribution in [0.3, 0.4) is 0 Å². The summed E-state index contributed by atoms with van der Waals surface area (Å²) in [7, 11) is 0. The first kappa shape index (κ1) is 25.9. The van der Waals surface area contributed by atoms with Gasteiger partial charge in [0.2, 0.25) is 5.88 Å². The van der Waals surface area contributed by atoms with E-state index in [1.54, 1.807) is 0 Å². The van der Waals surface area contributed by atoms with Crippen molar-refractivity contribution in [3.05, 3.63) is 71.4 Å². The topological polar surface area (TPSA) is 69.0 Å². The van der Waals surface area contributed by atoms with E-state index in [1.165, 1.54) is 5.56 Å². The number of aliphatic hydroxyl groups excluding tert-OH is 1. The highest BCUT2D eigenvalue weighted by Crippen LogP contribution is 2.32. The minimum Gasteiger partial charge on any atom is -0.439 e. The summed E-state index contributed by atoms with van der Waals surface area (Å²) in [6.07, 6.45) is 6.80. The zero-order valence-electron chi connectivity index (χ0n) is 21.1. The summed E-state index contributed by atoms with van der Waals surface area (Å²) in [5.41, 5.74) is 3.92. The second-order valence-electron chi connectivity index (χ2n) is 9.23. The summed E-state index contributed by atoms with van der Waals surface area (Å²) in [5, 5.41) is 15.5. The lowest BCUT2D eigenvalue weighted by molar-refractivity contribution is 0.00935. The van der Waals surface area contributed by atoms with Crippen molar-refractivity contribution in [3.63, 3.8) is 0 Å². The molecule has 2 heterocycles. The Labute approximate surface area is 213 Å². The molecule has 7 nitrogen and oxygen atoms in total. The van der Waals surface area contributed by atoms with Crippen LogP contribution in [-0.4, -0.2) is 64.9 Å². The minimum absolute atomic E-state index is 0.134. The number of rotatable bonds is 12. The largest absolute Gasteiger partial charge is 0.439 e. The van der Waals surface area contributed by atoms with Gasteiger partial charge in [0.1, 0.15) is 12.4 Å². The quantitative estimate of drug-likeness (QED) is 0.303. The Bertz CT molecular complexity index is 1130. The Hall–Kier alpha value is -3.15. The summed E-state index contributed by atoms with van der Waals surface area (Å²) in [6, 6.07) is 18.0. The van der Waals surface area contributed by atoms with Crippen LogP contribution in [0.2, 0.25) is 0 Å². The standard InChI is InChI=1S/C29H35N3O4/c1-4-16-34-21-25(33)18-31(19-27-11-8-17-35-27)20-28-23(3)30-32(24-9-6-5-7-10-24)29(28)36-26-14-12-22(2)13-15-26/h1,5-7,9-10,12-15,25,27,33H,8,11,16-21H2,2-3H3/t25-,27+/m1/s1. The maximum absolute atomic E-state index is 10.7. The van der Waals surface area contributed by atoms with E-state index in [1.807, 2.05) is 66.2 Å². The van der Waals surface area contributed by atoms with Gasteiger partial charge in [0.25, 0.3) is 0 Å². The van der Waals surface area contributed by atoms with Crippen molar-refractivity contribution in [1.29, 1.82) is 0 Å². The molecule has 0 saturated carbocycles. The van der Waals surface area contributed by atoms with Gasteiger partial charge in [-0.05, 0) is 51.0 Å². The lowest BCUT2D eigenvalue weighted by atomic mass is 10.1. The van der Waals surface area contributed by atoms with Gasteiger partial charge in [0.05, 0.1) is 35.8 Å². The Kier molecular flexibility index (Phi) is 9.15. The molecule has 0 aliphatic carbocycles. The Morgan fingerprint density at radius 2 is 1.97 bits per heavy atom. The molecule has 0 bridgehead atoms. The first-order chi connectivity index (χ1) is 17.5. The minimum atomic E-state index is -0.675. The average molecular weight is 490 g/mol. The third kappa shape index (κ3) is 6.96. The highest BCUT2D eigenvalue weighted by molar-refractivity contribution is 5.43. The normalized spacial score (nSPS) is 16.2. The van der Waals surface area contributed by atoms with Gasteiger partial charge in [-0.1, -0.05) is 41.8 Å². The smallest absolute Gasteiger partial charge is 0.227 e. The number of hydrogen-bond acceptors (Lipinski definition) is 6. The molecule has 0 spiro atoms. The van der Waals surface area contributed by atoms with Crippen molar-refractivity contribution < 1.29 is 19.3 Å². The third-order valence-electron chi connectivity index (χ3n) is 6.21. The number of aliphatic hydroxyl groups is 1. The molecule has 2 aromatic carbocycles. The van der Waals surface area contributed by atoms with Crippen LogP contribution in [0.15, 0.2) is 54.6 Å². The van der Waals surface area contributed by atoms with E-state index in [4.69, 9.17) is 25.7 Å². The van der Waals surface area contributed by atoms with Crippen LogP contribution in [-0.2, 0) is 16.0 Å². The second-order valence-corrected chi connectivity index (χ2v) is 9.23. The summed E-state index contributed by atoms with van der Waals surface area (Å²) in [6.45, 7) is 6.85. The number of aromatic nitrogens is 2. The van der Waals surface area contributed by atoms with E-state index in [2.05, 4.69) is 17.7 Å². The number of ether oxygens (including phenoxy) is 3. The number of nitrogens with zero attached hydrogens (tertiary/aromatic N) is 3. The highest BCUT2D eigenvalue weighted by Gasteiger charge is 2.26. The Balaban J connectivity index is 1.63. The van der Waals surface area contributed by atoms with Crippen LogP contribution >= 0.6 is 0 Å². The fourth-order valence-corrected chi connectivity index (χ4v) is 4.40. The molecule has 4 rings (SSSR count). The fourth-order valence-electron chi connectivity index (χ4n) is 4.40. The molecule has 1 aromatic heterocycles. The summed E-state index contributed by atoms with van der Waals surface area (Å²) in [4.78, 5) is 2.20. The summed E-state index contributed by atoms with van der Waals surface area (Å²) < 4.78 is 19.6. The molecular formula is C29H35N3O4. The molecular weight excluding hydrogens is 454 g/mol. The molecule has 1 fully saturated rings. The Morgan fingerprint density at radius 3 is 2.67 bits per heavy atom. The predicted molar refractivity (Wildman–Crippen MR) is 139 cm³/mol. The van der Waals surface area contributed by atoms with E-state index in [0.29, 0.717) is 25.5 Å². The molecule has 1 N–H and O–H groups in total. The zero-order chi connectivity index (χ0) is 25.3. The van der Waals surface area contributed by atoms with Crippen LogP contribution in [0.1, 0.15) is 29.7 Å². The molecule has 1 aliphatic rings. The van der Waals surface area contributed by atoms with Gasteiger partial charge < -0.3 is 19.3 Å². The van der Waals surface area contributed by atoms with Gasteiger partial charge in [-0.2, -0.15) is 5.10 Å². The molecule has 3 aromatic rings. The summed E-state index contributed by atoms with van der Waals surface area (Å²) in [5.74, 6) is 3.85. The molecule has 0 radical (unpaired) electrons. The first-order valence-electron chi connectivity index (χ1n) is 12.4. The lowest BCUT2D eigenvalue weighted by Gasteiger charge is -2.27. The molecule has 1 saturated heterocycles.